The zero-order chi connectivity index (χ0) is 9.68. The van der Waals surface area contributed by atoms with Crippen LogP contribution in [0.5, 0.6) is 5.75 Å². The van der Waals surface area contributed by atoms with Crippen molar-refractivity contribution in [1.29, 1.82) is 0 Å². The van der Waals surface area contributed by atoms with Gasteiger partial charge in [0.05, 0.1) is 6.61 Å². The van der Waals surface area contributed by atoms with Crippen molar-refractivity contribution in [1.82, 2.24) is 0 Å². The summed E-state index contributed by atoms with van der Waals surface area (Å²) in [5.41, 5.74) is 6.93. The maximum atomic E-state index is 5.73. The maximum absolute atomic E-state index is 5.73. The molecule has 0 saturated heterocycles. The molecule has 0 aliphatic rings. The van der Waals surface area contributed by atoms with Crippen LogP contribution in [0.15, 0.2) is 24.3 Å². The largest absolute Gasteiger partial charge is 0.494 e. The molecule has 0 bridgehead atoms. The molecule has 2 N–H and O–H groups in total. The van der Waals surface area contributed by atoms with Crippen molar-refractivity contribution >= 4 is 12.4 Å². The molecular formula is C11H18ClNO. The number of ether oxygens (including phenoxy) is 1. The van der Waals surface area contributed by atoms with Crippen molar-refractivity contribution < 1.29 is 4.74 Å². The molecule has 2 nitrogen and oxygen atoms in total. The van der Waals surface area contributed by atoms with Crippen molar-refractivity contribution in [2.24, 2.45) is 5.73 Å². The third-order valence-corrected chi connectivity index (χ3v) is 1.81. The second-order valence-corrected chi connectivity index (χ2v) is 3.22. The average molecular weight is 216 g/mol. The smallest absolute Gasteiger partial charge is 0.122 e. The van der Waals surface area contributed by atoms with Crippen LogP contribution >= 0.6 is 12.4 Å². The molecular weight excluding hydrogens is 198 g/mol. The lowest BCUT2D eigenvalue weighted by Gasteiger charge is -2.11. The molecule has 0 heterocycles. The molecule has 80 valence electrons. The van der Waals surface area contributed by atoms with Gasteiger partial charge in [-0.3, -0.25) is 0 Å². The molecule has 0 radical (unpaired) electrons. The van der Waals surface area contributed by atoms with Crippen LogP contribution in [-0.4, -0.2) is 12.6 Å². The summed E-state index contributed by atoms with van der Waals surface area (Å²) in [6.45, 7) is 4.70. The highest BCUT2D eigenvalue weighted by molar-refractivity contribution is 5.85. The monoisotopic (exact) mass is 215 g/mol. The minimum absolute atomic E-state index is 0. The molecule has 1 aromatic carbocycles. The van der Waals surface area contributed by atoms with Crippen LogP contribution in [0.2, 0.25) is 0 Å². The Labute approximate surface area is 91.9 Å². The first-order chi connectivity index (χ1) is 6.24. The van der Waals surface area contributed by atoms with Gasteiger partial charge in [-0.25, -0.2) is 0 Å². The topological polar surface area (TPSA) is 35.2 Å². The van der Waals surface area contributed by atoms with E-state index in [1.807, 2.05) is 32.0 Å². The van der Waals surface area contributed by atoms with Crippen LogP contribution in [0.25, 0.3) is 0 Å². The van der Waals surface area contributed by atoms with E-state index in [2.05, 4.69) is 6.07 Å². The first-order valence-corrected chi connectivity index (χ1v) is 4.70. The van der Waals surface area contributed by atoms with Gasteiger partial charge in [-0.1, -0.05) is 18.2 Å². The standard InChI is InChI=1S/C11H17NO.ClH/c1-3-13-11-7-5-4-6-10(11)8-9(2)12;/h4-7,9H,3,8,12H2,1-2H3;1H. The van der Waals surface area contributed by atoms with Gasteiger partial charge in [0.25, 0.3) is 0 Å². The van der Waals surface area contributed by atoms with Crippen molar-refractivity contribution in [3.05, 3.63) is 29.8 Å². The first-order valence-electron chi connectivity index (χ1n) is 4.70. The van der Waals surface area contributed by atoms with Crippen molar-refractivity contribution in [2.75, 3.05) is 6.61 Å². The molecule has 0 fully saturated rings. The Kier molecular flexibility index (Phi) is 6.34. The molecule has 1 atom stereocenters. The van der Waals surface area contributed by atoms with Gasteiger partial charge >= 0.3 is 0 Å². The molecule has 0 aromatic heterocycles. The van der Waals surface area contributed by atoms with E-state index in [1.165, 1.54) is 5.56 Å². The van der Waals surface area contributed by atoms with E-state index < -0.39 is 0 Å². The van der Waals surface area contributed by atoms with Gasteiger partial charge < -0.3 is 10.5 Å². The Morgan fingerprint density at radius 3 is 2.57 bits per heavy atom. The summed E-state index contributed by atoms with van der Waals surface area (Å²) in [5.74, 6) is 0.960. The average Bonchev–Trinajstić information content (AvgIpc) is 2.08. The number of para-hydroxylation sites is 1. The minimum Gasteiger partial charge on any atom is -0.494 e. The number of benzene rings is 1. The number of rotatable bonds is 4. The van der Waals surface area contributed by atoms with Crippen LogP contribution in [0.4, 0.5) is 0 Å². The molecule has 0 saturated carbocycles. The van der Waals surface area contributed by atoms with E-state index >= 15 is 0 Å². The van der Waals surface area contributed by atoms with E-state index in [4.69, 9.17) is 10.5 Å². The lowest BCUT2D eigenvalue weighted by Crippen LogP contribution is -2.18. The summed E-state index contributed by atoms with van der Waals surface area (Å²) < 4.78 is 5.48. The predicted octanol–water partition coefficient (Wildman–Crippen LogP) is 2.40. The van der Waals surface area contributed by atoms with Gasteiger partial charge in [0.15, 0.2) is 0 Å². The van der Waals surface area contributed by atoms with Crippen LogP contribution in [0, 0.1) is 0 Å². The van der Waals surface area contributed by atoms with Crippen molar-refractivity contribution in [2.45, 2.75) is 26.3 Å². The van der Waals surface area contributed by atoms with Gasteiger partial charge in [0.1, 0.15) is 5.75 Å². The zero-order valence-corrected chi connectivity index (χ0v) is 9.51. The van der Waals surface area contributed by atoms with E-state index in [0.717, 1.165) is 12.2 Å². The molecule has 0 amide bonds. The van der Waals surface area contributed by atoms with Crippen molar-refractivity contribution in [3.8, 4) is 5.75 Å². The maximum Gasteiger partial charge on any atom is 0.122 e. The summed E-state index contributed by atoms with van der Waals surface area (Å²) in [5, 5.41) is 0. The minimum atomic E-state index is 0. The quantitative estimate of drug-likeness (QED) is 0.837. The third kappa shape index (κ3) is 3.99. The fraction of sp³-hybridized carbons (Fsp3) is 0.455. The second kappa shape index (κ2) is 6.68. The Hall–Kier alpha value is -0.730. The Bertz CT molecular complexity index is 263. The lowest BCUT2D eigenvalue weighted by molar-refractivity contribution is 0.336. The molecule has 1 rings (SSSR count). The van der Waals surface area contributed by atoms with E-state index in [-0.39, 0.29) is 18.4 Å². The van der Waals surface area contributed by atoms with Crippen LogP contribution in [0.1, 0.15) is 19.4 Å². The fourth-order valence-corrected chi connectivity index (χ4v) is 1.32. The molecule has 1 aromatic rings. The fourth-order valence-electron chi connectivity index (χ4n) is 1.32. The molecule has 0 spiro atoms. The normalized spacial score (nSPS) is 11.6. The van der Waals surface area contributed by atoms with E-state index in [1.54, 1.807) is 0 Å². The van der Waals surface area contributed by atoms with Crippen LogP contribution in [0.3, 0.4) is 0 Å². The lowest BCUT2D eigenvalue weighted by atomic mass is 10.1. The summed E-state index contributed by atoms with van der Waals surface area (Å²) in [6.07, 6.45) is 0.871. The van der Waals surface area contributed by atoms with Crippen molar-refractivity contribution in [3.63, 3.8) is 0 Å². The molecule has 0 aliphatic carbocycles. The number of hydrogen-bond donors (Lipinski definition) is 1. The summed E-state index contributed by atoms with van der Waals surface area (Å²) >= 11 is 0. The highest BCUT2D eigenvalue weighted by atomic mass is 35.5. The molecule has 3 heteroatoms. The Morgan fingerprint density at radius 1 is 1.36 bits per heavy atom. The predicted molar refractivity (Wildman–Crippen MR) is 62.2 cm³/mol. The highest BCUT2D eigenvalue weighted by Crippen LogP contribution is 2.18. The molecule has 0 aliphatic heterocycles. The first kappa shape index (κ1) is 13.3. The van der Waals surface area contributed by atoms with Crippen LogP contribution < -0.4 is 10.5 Å². The molecule has 14 heavy (non-hydrogen) atoms. The highest BCUT2D eigenvalue weighted by Gasteiger charge is 2.03. The van der Waals surface area contributed by atoms with Gasteiger partial charge in [-0.15, -0.1) is 12.4 Å². The Morgan fingerprint density at radius 2 is 2.00 bits per heavy atom. The summed E-state index contributed by atoms with van der Waals surface area (Å²) in [7, 11) is 0. The van der Waals surface area contributed by atoms with E-state index in [9.17, 15) is 0 Å². The van der Waals surface area contributed by atoms with Gasteiger partial charge in [-0.05, 0) is 31.9 Å². The zero-order valence-electron chi connectivity index (χ0n) is 8.69. The van der Waals surface area contributed by atoms with Crippen LogP contribution in [-0.2, 0) is 6.42 Å². The van der Waals surface area contributed by atoms with Gasteiger partial charge in [-0.2, -0.15) is 0 Å². The van der Waals surface area contributed by atoms with E-state index in [0.29, 0.717) is 6.61 Å². The summed E-state index contributed by atoms with van der Waals surface area (Å²) in [6, 6.07) is 8.23. The van der Waals surface area contributed by atoms with Gasteiger partial charge in [0, 0.05) is 6.04 Å². The third-order valence-electron chi connectivity index (χ3n) is 1.81. The number of halogens is 1. The number of nitrogens with two attached hydrogens (primary N) is 1. The molecule has 1 unspecified atom stereocenters. The Balaban J connectivity index is 0.00000169. The SMILES string of the molecule is CCOc1ccccc1CC(C)N.Cl. The van der Waals surface area contributed by atoms with Gasteiger partial charge in [0.2, 0.25) is 0 Å². The number of hydrogen-bond acceptors (Lipinski definition) is 2. The summed E-state index contributed by atoms with van der Waals surface area (Å²) in [4.78, 5) is 0. The second-order valence-electron chi connectivity index (χ2n) is 3.22.